The quantitative estimate of drug-likeness (QED) is 0.777. The van der Waals surface area contributed by atoms with Gasteiger partial charge in [-0.25, -0.2) is 8.78 Å². The Kier molecular flexibility index (Phi) is 5.03. The molecule has 2 N–H and O–H groups in total. The van der Waals surface area contributed by atoms with Gasteiger partial charge < -0.3 is 10.6 Å². The molecule has 94 valence electrons. The minimum Gasteiger partial charge on any atom is -0.323 e. The largest absolute Gasteiger partial charge is 0.323 e. The highest BCUT2D eigenvalue weighted by Gasteiger charge is 2.09. The summed E-state index contributed by atoms with van der Waals surface area (Å²) in [6, 6.07) is 2.06. The molecule has 1 amide bonds. The van der Waals surface area contributed by atoms with Gasteiger partial charge in [0, 0.05) is 19.0 Å². The third kappa shape index (κ3) is 4.11. The molecule has 0 saturated carbocycles. The van der Waals surface area contributed by atoms with Crippen LogP contribution in [0.25, 0.3) is 0 Å². The number of rotatable bonds is 5. The predicted octanol–water partition coefficient (Wildman–Crippen LogP) is 2.21. The monoisotopic (exact) mass is 242 g/mol. The van der Waals surface area contributed by atoms with Crippen LogP contribution in [0.15, 0.2) is 12.1 Å². The molecule has 0 aromatic heterocycles. The van der Waals surface area contributed by atoms with Gasteiger partial charge in [-0.2, -0.15) is 0 Å². The molecule has 1 rings (SSSR count). The standard InChI is InChI=1S/C12H16F2N2O/c1-3-15-5-4-12(17)16-11-7-9(13)8(2)6-10(11)14/h6-7,15H,3-5H2,1-2H3,(H,16,17). The van der Waals surface area contributed by atoms with E-state index < -0.39 is 11.6 Å². The molecule has 5 heteroatoms. The van der Waals surface area contributed by atoms with Crippen molar-refractivity contribution in [1.29, 1.82) is 0 Å². The minimum absolute atomic E-state index is 0.116. The molecule has 0 spiro atoms. The van der Waals surface area contributed by atoms with Crippen LogP contribution in [0.2, 0.25) is 0 Å². The minimum atomic E-state index is -0.624. The van der Waals surface area contributed by atoms with Crippen molar-refractivity contribution in [3.8, 4) is 0 Å². The maximum absolute atomic E-state index is 13.4. The zero-order chi connectivity index (χ0) is 12.8. The van der Waals surface area contributed by atoms with E-state index in [1.807, 2.05) is 6.92 Å². The second kappa shape index (κ2) is 6.30. The summed E-state index contributed by atoms with van der Waals surface area (Å²) in [7, 11) is 0. The molecule has 0 unspecified atom stereocenters. The highest BCUT2D eigenvalue weighted by atomic mass is 19.1. The first-order valence-electron chi connectivity index (χ1n) is 5.50. The van der Waals surface area contributed by atoms with Crippen molar-refractivity contribution in [1.82, 2.24) is 5.32 Å². The Bertz CT molecular complexity index is 408. The molecule has 0 aliphatic heterocycles. The Morgan fingerprint density at radius 1 is 1.29 bits per heavy atom. The van der Waals surface area contributed by atoms with Gasteiger partial charge in [-0.05, 0) is 25.1 Å². The fraction of sp³-hybridized carbons (Fsp3) is 0.417. The summed E-state index contributed by atoms with van der Waals surface area (Å²) < 4.78 is 26.6. The average molecular weight is 242 g/mol. The van der Waals surface area contributed by atoms with Crippen LogP contribution in [0, 0.1) is 18.6 Å². The molecule has 0 aliphatic rings. The number of carbonyl (C=O) groups excluding carboxylic acids is 1. The fourth-order valence-electron chi connectivity index (χ4n) is 1.33. The van der Waals surface area contributed by atoms with Crippen molar-refractivity contribution in [2.45, 2.75) is 20.3 Å². The van der Waals surface area contributed by atoms with Gasteiger partial charge in [-0.1, -0.05) is 6.92 Å². The summed E-state index contributed by atoms with van der Waals surface area (Å²) in [5.74, 6) is -1.50. The van der Waals surface area contributed by atoms with Crippen LogP contribution < -0.4 is 10.6 Å². The van der Waals surface area contributed by atoms with Gasteiger partial charge in [-0.15, -0.1) is 0 Å². The number of carbonyl (C=O) groups is 1. The first-order valence-corrected chi connectivity index (χ1v) is 5.50. The Balaban J connectivity index is 2.62. The van der Waals surface area contributed by atoms with E-state index in [1.54, 1.807) is 0 Å². The number of hydrogen-bond donors (Lipinski definition) is 2. The fourth-order valence-corrected chi connectivity index (χ4v) is 1.33. The van der Waals surface area contributed by atoms with Gasteiger partial charge >= 0.3 is 0 Å². The highest BCUT2D eigenvalue weighted by molar-refractivity contribution is 5.90. The van der Waals surface area contributed by atoms with Gasteiger partial charge in [0.2, 0.25) is 5.91 Å². The Labute approximate surface area is 99.2 Å². The highest BCUT2D eigenvalue weighted by Crippen LogP contribution is 2.18. The van der Waals surface area contributed by atoms with Crippen LogP contribution >= 0.6 is 0 Å². The Morgan fingerprint density at radius 2 is 2.00 bits per heavy atom. The molecule has 0 radical (unpaired) electrons. The smallest absolute Gasteiger partial charge is 0.225 e. The van der Waals surface area contributed by atoms with Crippen molar-refractivity contribution >= 4 is 11.6 Å². The second-order valence-electron chi connectivity index (χ2n) is 3.73. The van der Waals surface area contributed by atoms with E-state index in [0.29, 0.717) is 6.54 Å². The molecule has 1 aromatic rings. The molecular formula is C12H16F2N2O. The van der Waals surface area contributed by atoms with E-state index in [4.69, 9.17) is 0 Å². The van der Waals surface area contributed by atoms with E-state index in [2.05, 4.69) is 10.6 Å². The number of amides is 1. The molecule has 0 atom stereocenters. The Morgan fingerprint density at radius 3 is 2.65 bits per heavy atom. The number of aryl methyl sites for hydroxylation is 1. The zero-order valence-corrected chi connectivity index (χ0v) is 9.94. The van der Waals surface area contributed by atoms with Crippen molar-refractivity contribution in [3.63, 3.8) is 0 Å². The van der Waals surface area contributed by atoms with Gasteiger partial charge in [0.05, 0.1) is 5.69 Å². The molecule has 0 saturated heterocycles. The summed E-state index contributed by atoms with van der Waals surface area (Å²) in [5, 5.41) is 5.31. The lowest BCUT2D eigenvalue weighted by molar-refractivity contribution is -0.116. The van der Waals surface area contributed by atoms with Crippen LogP contribution in [0.1, 0.15) is 18.9 Å². The van der Waals surface area contributed by atoms with Gasteiger partial charge in [-0.3, -0.25) is 4.79 Å². The number of nitrogens with one attached hydrogen (secondary N) is 2. The summed E-state index contributed by atoms with van der Waals surface area (Å²) in [5.41, 5.74) is 0.0998. The molecular weight excluding hydrogens is 226 g/mol. The first kappa shape index (κ1) is 13.6. The molecule has 0 heterocycles. The second-order valence-corrected chi connectivity index (χ2v) is 3.73. The summed E-state index contributed by atoms with van der Waals surface area (Å²) >= 11 is 0. The third-order valence-electron chi connectivity index (χ3n) is 2.30. The molecule has 3 nitrogen and oxygen atoms in total. The normalized spacial score (nSPS) is 10.4. The number of hydrogen-bond acceptors (Lipinski definition) is 2. The molecule has 0 fully saturated rings. The van der Waals surface area contributed by atoms with Crippen LogP contribution in [-0.2, 0) is 4.79 Å². The lowest BCUT2D eigenvalue weighted by Gasteiger charge is -2.08. The number of benzene rings is 1. The maximum atomic E-state index is 13.4. The maximum Gasteiger partial charge on any atom is 0.225 e. The molecule has 0 bridgehead atoms. The lowest BCUT2D eigenvalue weighted by atomic mass is 10.2. The Hall–Kier alpha value is -1.49. The van der Waals surface area contributed by atoms with E-state index >= 15 is 0 Å². The average Bonchev–Trinajstić information content (AvgIpc) is 2.26. The van der Waals surface area contributed by atoms with E-state index in [1.165, 1.54) is 6.92 Å². The topological polar surface area (TPSA) is 41.1 Å². The summed E-state index contributed by atoms with van der Waals surface area (Å²) in [6.07, 6.45) is 0.225. The van der Waals surface area contributed by atoms with Crippen LogP contribution in [0.4, 0.5) is 14.5 Å². The van der Waals surface area contributed by atoms with Crippen LogP contribution in [0.3, 0.4) is 0 Å². The van der Waals surface area contributed by atoms with Crippen molar-refractivity contribution in [2.75, 3.05) is 18.4 Å². The summed E-state index contributed by atoms with van der Waals surface area (Å²) in [6.45, 7) is 4.67. The third-order valence-corrected chi connectivity index (χ3v) is 2.30. The summed E-state index contributed by atoms with van der Waals surface area (Å²) in [4.78, 5) is 11.4. The van der Waals surface area contributed by atoms with Gasteiger partial charge in [0.15, 0.2) is 0 Å². The van der Waals surface area contributed by atoms with E-state index in [9.17, 15) is 13.6 Å². The number of anilines is 1. The van der Waals surface area contributed by atoms with E-state index in [0.717, 1.165) is 18.7 Å². The first-order chi connectivity index (χ1) is 8.04. The molecule has 0 aliphatic carbocycles. The van der Waals surface area contributed by atoms with Gasteiger partial charge in [0.1, 0.15) is 11.6 Å². The molecule has 1 aromatic carbocycles. The SMILES string of the molecule is CCNCCC(=O)Nc1cc(F)c(C)cc1F. The van der Waals surface area contributed by atoms with Crippen molar-refractivity contribution < 1.29 is 13.6 Å². The van der Waals surface area contributed by atoms with Crippen LogP contribution in [-0.4, -0.2) is 19.0 Å². The van der Waals surface area contributed by atoms with E-state index in [-0.39, 0.29) is 23.6 Å². The lowest BCUT2D eigenvalue weighted by Crippen LogP contribution is -2.21. The van der Waals surface area contributed by atoms with Crippen molar-refractivity contribution in [3.05, 3.63) is 29.3 Å². The van der Waals surface area contributed by atoms with Crippen molar-refractivity contribution in [2.24, 2.45) is 0 Å². The van der Waals surface area contributed by atoms with Crippen LogP contribution in [0.5, 0.6) is 0 Å². The van der Waals surface area contributed by atoms with Gasteiger partial charge in [0.25, 0.3) is 0 Å². The zero-order valence-electron chi connectivity index (χ0n) is 9.94. The molecule has 17 heavy (non-hydrogen) atoms. The number of halogens is 2. The predicted molar refractivity (Wildman–Crippen MR) is 62.9 cm³/mol.